The number of fused-ring (bicyclic) bond motifs is 1. The quantitative estimate of drug-likeness (QED) is 0.722. The molecule has 0 aliphatic carbocycles. The lowest BCUT2D eigenvalue weighted by Gasteiger charge is -2.35. The second-order valence-corrected chi connectivity index (χ2v) is 6.57. The van der Waals surface area contributed by atoms with Crippen LogP contribution in [0, 0.1) is 5.82 Å². The van der Waals surface area contributed by atoms with Gasteiger partial charge < -0.3 is 4.90 Å². The highest BCUT2D eigenvalue weighted by molar-refractivity contribution is 5.77. The molecule has 4 nitrogen and oxygen atoms in total. The highest BCUT2D eigenvalue weighted by Gasteiger charge is 2.29. The molecule has 1 atom stereocenters. The molecule has 5 heteroatoms. The number of carbonyl (C=O) groups excluding carboxylic acids is 1. The number of rotatable bonds is 4. The molecule has 0 radical (unpaired) electrons. The third kappa shape index (κ3) is 3.25. The van der Waals surface area contributed by atoms with Gasteiger partial charge in [0.05, 0.1) is 6.04 Å². The van der Waals surface area contributed by atoms with Crippen molar-refractivity contribution in [1.29, 1.82) is 0 Å². The van der Waals surface area contributed by atoms with Crippen LogP contribution in [0.1, 0.15) is 29.2 Å². The van der Waals surface area contributed by atoms with E-state index >= 15 is 0 Å². The first-order valence-electron chi connectivity index (χ1n) is 8.80. The molecular formula is C21H20FN3O. The van der Waals surface area contributed by atoms with Crippen LogP contribution in [0.4, 0.5) is 4.39 Å². The van der Waals surface area contributed by atoms with E-state index in [1.165, 1.54) is 11.6 Å². The van der Waals surface area contributed by atoms with Crippen LogP contribution < -0.4 is 0 Å². The minimum Gasteiger partial charge on any atom is -0.336 e. The molecule has 2 aromatic carbocycles. The first-order chi connectivity index (χ1) is 12.7. The first kappa shape index (κ1) is 16.5. The van der Waals surface area contributed by atoms with Crippen LogP contribution in [0.15, 0.2) is 67.0 Å². The summed E-state index contributed by atoms with van der Waals surface area (Å²) in [5, 5.41) is 4.37. The summed E-state index contributed by atoms with van der Waals surface area (Å²) in [6.07, 6.45) is 4.39. The van der Waals surface area contributed by atoms with E-state index in [0.717, 1.165) is 5.56 Å². The maximum Gasteiger partial charge on any atom is 0.223 e. The van der Waals surface area contributed by atoms with Crippen molar-refractivity contribution in [1.82, 2.24) is 14.7 Å². The van der Waals surface area contributed by atoms with Crippen LogP contribution in [-0.4, -0.2) is 27.1 Å². The van der Waals surface area contributed by atoms with Crippen LogP contribution in [0.3, 0.4) is 0 Å². The minimum atomic E-state index is -0.251. The molecular weight excluding hydrogens is 329 g/mol. The summed E-state index contributed by atoms with van der Waals surface area (Å²) in [7, 11) is 0. The van der Waals surface area contributed by atoms with Gasteiger partial charge in [-0.15, -0.1) is 0 Å². The molecule has 3 aromatic rings. The maximum atomic E-state index is 13.8. The van der Waals surface area contributed by atoms with Gasteiger partial charge in [-0.05, 0) is 35.2 Å². The Labute approximate surface area is 151 Å². The second kappa shape index (κ2) is 7.12. The normalized spacial score (nSPS) is 16.3. The zero-order valence-electron chi connectivity index (χ0n) is 14.4. The predicted octanol–water partition coefficient (Wildman–Crippen LogP) is 3.59. The Hall–Kier alpha value is -2.95. The minimum absolute atomic E-state index is 0.00682. The van der Waals surface area contributed by atoms with Gasteiger partial charge in [-0.2, -0.15) is 5.10 Å². The molecule has 0 N–H and O–H groups in total. The van der Waals surface area contributed by atoms with Gasteiger partial charge in [0.1, 0.15) is 5.82 Å². The fourth-order valence-corrected chi connectivity index (χ4v) is 3.56. The van der Waals surface area contributed by atoms with Crippen molar-refractivity contribution < 1.29 is 9.18 Å². The Morgan fingerprint density at radius 3 is 2.73 bits per heavy atom. The van der Waals surface area contributed by atoms with Gasteiger partial charge in [0.15, 0.2) is 0 Å². The van der Waals surface area contributed by atoms with Gasteiger partial charge in [0, 0.05) is 31.9 Å². The van der Waals surface area contributed by atoms with Gasteiger partial charge in [-0.1, -0.05) is 42.5 Å². The average Bonchev–Trinajstić information content (AvgIpc) is 3.21. The molecule has 1 amide bonds. The molecule has 0 saturated carbocycles. The topological polar surface area (TPSA) is 38.1 Å². The van der Waals surface area contributed by atoms with Gasteiger partial charge in [0.25, 0.3) is 0 Å². The molecule has 0 saturated heterocycles. The first-order valence-corrected chi connectivity index (χ1v) is 8.80. The SMILES string of the molecule is O=C(CCc1ccccc1F)N1Cc2ccccc2[C@@H](n2cccn2)C1. The summed E-state index contributed by atoms with van der Waals surface area (Å²) >= 11 is 0. The Morgan fingerprint density at radius 2 is 1.92 bits per heavy atom. The van der Waals surface area contributed by atoms with E-state index in [-0.39, 0.29) is 17.8 Å². The van der Waals surface area contributed by atoms with E-state index in [9.17, 15) is 9.18 Å². The summed E-state index contributed by atoms with van der Waals surface area (Å²) in [6, 6.07) is 16.7. The Kier molecular flexibility index (Phi) is 4.52. The summed E-state index contributed by atoms with van der Waals surface area (Å²) in [5.41, 5.74) is 2.93. The molecule has 132 valence electrons. The zero-order chi connectivity index (χ0) is 17.9. The largest absolute Gasteiger partial charge is 0.336 e. The average molecular weight is 349 g/mol. The number of aryl methyl sites for hydroxylation is 1. The van der Waals surface area contributed by atoms with Gasteiger partial charge in [0.2, 0.25) is 5.91 Å². The van der Waals surface area contributed by atoms with E-state index < -0.39 is 0 Å². The highest BCUT2D eigenvalue weighted by atomic mass is 19.1. The molecule has 1 aromatic heterocycles. The molecule has 0 bridgehead atoms. The number of benzene rings is 2. The summed E-state index contributed by atoms with van der Waals surface area (Å²) in [5.74, 6) is -0.210. The number of hydrogen-bond donors (Lipinski definition) is 0. The van der Waals surface area contributed by atoms with Gasteiger partial charge >= 0.3 is 0 Å². The molecule has 1 aliphatic heterocycles. The Balaban J connectivity index is 1.52. The van der Waals surface area contributed by atoms with Crippen molar-refractivity contribution in [3.8, 4) is 0 Å². The monoisotopic (exact) mass is 349 g/mol. The summed E-state index contributed by atoms with van der Waals surface area (Å²) < 4.78 is 15.7. The summed E-state index contributed by atoms with van der Waals surface area (Å²) in [6.45, 7) is 1.17. The van der Waals surface area contributed by atoms with E-state index in [1.807, 2.05) is 34.0 Å². The van der Waals surface area contributed by atoms with Gasteiger partial charge in [-0.25, -0.2) is 4.39 Å². The predicted molar refractivity (Wildman–Crippen MR) is 96.9 cm³/mol. The third-order valence-electron chi connectivity index (χ3n) is 4.93. The molecule has 1 aliphatic rings. The van der Waals surface area contributed by atoms with Crippen molar-refractivity contribution in [2.75, 3.05) is 6.54 Å². The zero-order valence-corrected chi connectivity index (χ0v) is 14.4. The number of hydrogen-bond acceptors (Lipinski definition) is 2. The third-order valence-corrected chi connectivity index (χ3v) is 4.93. The fraction of sp³-hybridized carbons (Fsp3) is 0.238. The summed E-state index contributed by atoms with van der Waals surface area (Å²) in [4.78, 5) is 14.6. The van der Waals surface area contributed by atoms with Crippen molar-refractivity contribution in [2.24, 2.45) is 0 Å². The number of halogens is 1. The van der Waals surface area contributed by atoms with E-state index in [0.29, 0.717) is 31.5 Å². The highest BCUT2D eigenvalue weighted by Crippen LogP contribution is 2.29. The van der Waals surface area contributed by atoms with Crippen LogP contribution in [0.5, 0.6) is 0 Å². The van der Waals surface area contributed by atoms with Crippen molar-refractivity contribution >= 4 is 5.91 Å². The maximum absolute atomic E-state index is 13.8. The van der Waals surface area contributed by atoms with Crippen molar-refractivity contribution in [3.63, 3.8) is 0 Å². The smallest absolute Gasteiger partial charge is 0.223 e. The van der Waals surface area contributed by atoms with Crippen LogP contribution >= 0.6 is 0 Å². The molecule has 4 rings (SSSR count). The van der Waals surface area contributed by atoms with Crippen molar-refractivity contribution in [2.45, 2.75) is 25.4 Å². The number of nitrogens with zero attached hydrogens (tertiary/aromatic N) is 3. The van der Waals surface area contributed by atoms with Crippen LogP contribution in [-0.2, 0) is 17.8 Å². The number of amides is 1. The van der Waals surface area contributed by atoms with E-state index in [1.54, 1.807) is 24.4 Å². The Morgan fingerprint density at radius 1 is 1.12 bits per heavy atom. The molecule has 0 unspecified atom stereocenters. The Bertz CT molecular complexity index is 907. The number of carbonyl (C=O) groups is 1. The molecule has 2 heterocycles. The second-order valence-electron chi connectivity index (χ2n) is 6.57. The standard InChI is InChI=1S/C21H20FN3O/c22-19-9-4-2-6-16(19)10-11-21(26)24-14-17-7-1-3-8-18(17)20(15-24)25-13-5-12-23-25/h1-9,12-13,20H,10-11,14-15H2/t20-/m0/s1. The lowest BCUT2D eigenvalue weighted by atomic mass is 9.95. The van der Waals surface area contributed by atoms with E-state index in [4.69, 9.17) is 0 Å². The van der Waals surface area contributed by atoms with E-state index in [2.05, 4.69) is 17.2 Å². The van der Waals surface area contributed by atoms with Gasteiger partial charge in [-0.3, -0.25) is 9.48 Å². The molecule has 0 fully saturated rings. The lowest BCUT2D eigenvalue weighted by molar-refractivity contribution is -0.132. The lowest BCUT2D eigenvalue weighted by Crippen LogP contribution is -2.40. The molecule has 0 spiro atoms. The van der Waals surface area contributed by atoms with Crippen LogP contribution in [0.25, 0.3) is 0 Å². The molecule has 26 heavy (non-hydrogen) atoms. The van der Waals surface area contributed by atoms with Crippen molar-refractivity contribution in [3.05, 3.63) is 89.5 Å². The van der Waals surface area contributed by atoms with Crippen LogP contribution in [0.2, 0.25) is 0 Å². The number of aromatic nitrogens is 2. The fourth-order valence-electron chi connectivity index (χ4n) is 3.56.